The van der Waals surface area contributed by atoms with Gasteiger partial charge in [0.25, 0.3) is 5.56 Å². The van der Waals surface area contributed by atoms with E-state index < -0.39 is 0 Å². The Morgan fingerprint density at radius 3 is 2.92 bits per heavy atom. The molecule has 2 aromatic heterocycles. The van der Waals surface area contributed by atoms with Gasteiger partial charge in [-0.2, -0.15) is 0 Å². The first kappa shape index (κ1) is 16.4. The maximum atomic E-state index is 12.4. The highest BCUT2D eigenvalue weighted by molar-refractivity contribution is 5.52. The van der Waals surface area contributed by atoms with Crippen molar-refractivity contribution in [3.63, 3.8) is 0 Å². The molecule has 0 radical (unpaired) electrons. The molecule has 0 spiro atoms. The van der Waals surface area contributed by atoms with E-state index in [0.29, 0.717) is 24.4 Å². The minimum Gasteiger partial charge on any atom is -0.497 e. The maximum absolute atomic E-state index is 12.4. The Morgan fingerprint density at radius 2 is 2.12 bits per heavy atom. The maximum Gasteiger partial charge on any atom is 0.254 e. The Labute approximate surface area is 150 Å². The van der Waals surface area contributed by atoms with Gasteiger partial charge in [0, 0.05) is 37.6 Å². The van der Waals surface area contributed by atoms with E-state index >= 15 is 0 Å². The summed E-state index contributed by atoms with van der Waals surface area (Å²) in [6.45, 7) is 2.24. The van der Waals surface area contributed by atoms with Crippen LogP contribution in [0.25, 0.3) is 11.4 Å². The van der Waals surface area contributed by atoms with E-state index in [0.717, 1.165) is 30.1 Å². The molecular weight excluding hydrogens is 330 g/mol. The summed E-state index contributed by atoms with van der Waals surface area (Å²) in [6, 6.07) is 8.04. The Kier molecular flexibility index (Phi) is 4.45. The van der Waals surface area contributed by atoms with Gasteiger partial charge in [-0.25, -0.2) is 15.0 Å². The standard InChI is InChI=1S/C19H19N5O2/c1-26-15-4-2-3-13(7-15)10-24-6-5-16-17(11-24)22-18(23-19(16)25)14-8-20-12-21-9-14/h2-4,7-9,12H,5-6,10-11H2,1H3,(H,22,23,25). The van der Waals surface area contributed by atoms with Crippen molar-refractivity contribution < 1.29 is 4.74 Å². The average Bonchev–Trinajstić information content (AvgIpc) is 2.68. The highest BCUT2D eigenvalue weighted by Crippen LogP contribution is 2.20. The highest BCUT2D eigenvalue weighted by atomic mass is 16.5. The summed E-state index contributed by atoms with van der Waals surface area (Å²) < 4.78 is 5.29. The second-order valence-electron chi connectivity index (χ2n) is 6.28. The van der Waals surface area contributed by atoms with Gasteiger partial charge in [-0.1, -0.05) is 12.1 Å². The zero-order chi connectivity index (χ0) is 17.9. The molecule has 4 rings (SSSR count). The molecular formula is C19H19N5O2. The molecule has 0 atom stereocenters. The second-order valence-corrected chi connectivity index (χ2v) is 6.28. The summed E-state index contributed by atoms with van der Waals surface area (Å²) in [6.07, 6.45) is 5.44. The summed E-state index contributed by atoms with van der Waals surface area (Å²) in [5.41, 5.74) is 3.40. The number of rotatable bonds is 4. The molecule has 1 aromatic carbocycles. The van der Waals surface area contributed by atoms with E-state index in [1.165, 1.54) is 11.9 Å². The summed E-state index contributed by atoms with van der Waals surface area (Å²) in [5, 5.41) is 0. The van der Waals surface area contributed by atoms with Crippen LogP contribution in [-0.4, -0.2) is 38.5 Å². The van der Waals surface area contributed by atoms with E-state index in [-0.39, 0.29) is 5.56 Å². The van der Waals surface area contributed by atoms with Crippen LogP contribution in [-0.2, 0) is 19.5 Å². The SMILES string of the molecule is COc1cccc(CN2CCc3c(nc(-c4cncnc4)[nH]c3=O)C2)c1. The predicted molar refractivity (Wildman–Crippen MR) is 96.7 cm³/mol. The van der Waals surface area contributed by atoms with Crippen molar-refractivity contribution in [3.05, 3.63) is 70.2 Å². The third-order valence-corrected chi connectivity index (χ3v) is 4.53. The summed E-state index contributed by atoms with van der Waals surface area (Å²) in [7, 11) is 1.67. The molecule has 132 valence electrons. The zero-order valence-electron chi connectivity index (χ0n) is 14.5. The number of nitrogens with one attached hydrogen (secondary N) is 1. The molecule has 0 unspecified atom stereocenters. The Morgan fingerprint density at radius 1 is 1.27 bits per heavy atom. The van der Waals surface area contributed by atoms with E-state index in [1.807, 2.05) is 18.2 Å². The van der Waals surface area contributed by atoms with Crippen molar-refractivity contribution in [2.24, 2.45) is 0 Å². The number of hydrogen-bond acceptors (Lipinski definition) is 6. The first-order valence-corrected chi connectivity index (χ1v) is 8.45. The molecule has 7 nitrogen and oxygen atoms in total. The van der Waals surface area contributed by atoms with Crippen molar-refractivity contribution in [2.75, 3.05) is 13.7 Å². The Bertz CT molecular complexity index is 971. The van der Waals surface area contributed by atoms with Crippen molar-refractivity contribution in [1.29, 1.82) is 0 Å². The van der Waals surface area contributed by atoms with Crippen LogP contribution in [0.15, 0.2) is 47.8 Å². The van der Waals surface area contributed by atoms with Gasteiger partial charge in [0.15, 0.2) is 0 Å². The van der Waals surface area contributed by atoms with Crippen LogP contribution in [0.3, 0.4) is 0 Å². The number of ether oxygens (including phenoxy) is 1. The lowest BCUT2D eigenvalue weighted by molar-refractivity contribution is 0.240. The molecule has 26 heavy (non-hydrogen) atoms. The van der Waals surface area contributed by atoms with Crippen LogP contribution < -0.4 is 10.3 Å². The van der Waals surface area contributed by atoms with Gasteiger partial charge < -0.3 is 9.72 Å². The summed E-state index contributed by atoms with van der Waals surface area (Å²) in [5.74, 6) is 1.36. The average molecular weight is 349 g/mol. The lowest BCUT2D eigenvalue weighted by Crippen LogP contribution is -2.35. The van der Waals surface area contributed by atoms with Crippen molar-refractivity contribution in [2.45, 2.75) is 19.5 Å². The molecule has 1 N–H and O–H groups in total. The fourth-order valence-electron chi connectivity index (χ4n) is 3.22. The molecule has 1 aliphatic heterocycles. The third kappa shape index (κ3) is 3.34. The van der Waals surface area contributed by atoms with E-state index in [2.05, 4.69) is 30.9 Å². The normalized spacial score (nSPS) is 14.0. The summed E-state index contributed by atoms with van der Waals surface area (Å²) >= 11 is 0. The fraction of sp³-hybridized carbons (Fsp3) is 0.263. The van der Waals surface area contributed by atoms with Crippen LogP contribution in [0.4, 0.5) is 0 Å². The van der Waals surface area contributed by atoms with Crippen LogP contribution in [0.5, 0.6) is 5.75 Å². The molecule has 1 aliphatic rings. The topological polar surface area (TPSA) is 84.0 Å². The molecule has 0 amide bonds. The second kappa shape index (κ2) is 7.05. The molecule has 3 aromatic rings. The Hall–Kier alpha value is -3.06. The van der Waals surface area contributed by atoms with Crippen molar-refractivity contribution in [3.8, 4) is 17.1 Å². The molecule has 7 heteroatoms. The lowest BCUT2D eigenvalue weighted by Gasteiger charge is -2.27. The zero-order valence-corrected chi connectivity index (χ0v) is 14.5. The number of fused-ring (bicyclic) bond motifs is 1. The molecule has 0 saturated carbocycles. The highest BCUT2D eigenvalue weighted by Gasteiger charge is 2.21. The van der Waals surface area contributed by atoms with Gasteiger partial charge in [-0.15, -0.1) is 0 Å². The number of methoxy groups -OCH3 is 1. The number of aromatic amines is 1. The number of benzene rings is 1. The van der Waals surface area contributed by atoms with Crippen LogP contribution in [0.1, 0.15) is 16.8 Å². The van der Waals surface area contributed by atoms with E-state index in [4.69, 9.17) is 4.74 Å². The summed E-state index contributed by atoms with van der Waals surface area (Å²) in [4.78, 5) is 30.2. The van der Waals surface area contributed by atoms with Gasteiger partial charge in [0.05, 0.1) is 18.4 Å². The van der Waals surface area contributed by atoms with Gasteiger partial charge in [0.1, 0.15) is 17.9 Å². The number of aromatic nitrogens is 4. The fourth-order valence-corrected chi connectivity index (χ4v) is 3.22. The number of nitrogens with zero attached hydrogens (tertiary/aromatic N) is 4. The third-order valence-electron chi connectivity index (χ3n) is 4.53. The first-order valence-electron chi connectivity index (χ1n) is 8.45. The van der Waals surface area contributed by atoms with Gasteiger partial charge >= 0.3 is 0 Å². The Balaban J connectivity index is 1.59. The van der Waals surface area contributed by atoms with E-state index in [1.54, 1.807) is 19.5 Å². The minimum atomic E-state index is -0.0742. The van der Waals surface area contributed by atoms with Gasteiger partial charge in [-0.3, -0.25) is 9.69 Å². The largest absolute Gasteiger partial charge is 0.497 e. The van der Waals surface area contributed by atoms with Crippen LogP contribution in [0.2, 0.25) is 0 Å². The number of hydrogen-bond donors (Lipinski definition) is 1. The minimum absolute atomic E-state index is 0.0742. The quantitative estimate of drug-likeness (QED) is 0.773. The van der Waals surface area contributed by atoms with Crippen molar-refractivity contribution in [1.82, 2.24) is 24.8 Å². The molecule has 0 saturated heterocycles. The molecule has 0 fully saturated rings. The van der Waals surface area contributed by atoms with Crippen LogP contribution >= 0.6 is 0 Å². The molecule has 3 heterocycles. The van der Waals surface area contributed by atoms with E-state index in [9.17, 15) is 4.79 Å². The molecule has 0 aliphatic carbocycles. The predicted octanol–water partition coefficient (Wildman–Crippen LogP) is 1.79. The smallest absolute Gasteiger partial charge is 0.254 e. The van der Waals surface area contributed by atoms with Gasteiger partial charge in [0.2, 0.25) is 0 Å². The lowest BCUT2D eigenvalue weighted by atomic mass is 10.1. The van der Waals surface area contributed by atoms with Crippen molar-refractivity contribution >= 4 is 0 Å². The van der Waals surface area contributed by atoms with Crippen LogP contribution in [0, 0.1) is 0 Å². The number of H-pyrrole nitrogens is 1. The van der Waals surface area contributed by atoms with Gasteiger partial charge in [-0.05, 0) is 24.1 Å². The first-order chi connectivity index (χ1) is 12.7. The molecule has 0 bridgehead atoms. The monoisotopic (exact) mass is 349 g/mol.